The number of halogens is 6. The summed E-state index contributed by atoms with van der Waals surface area (Å²) in [5.74, 6) is -2.67. The molecule has 1 aliphatic rings. The number of aliphatic carboxylic acids is 1. The smallest absolute Gasteiger partial charge is 0.416 e. The minimum atomic E-state index is -4.80. The second-order valence-electron chi connectivity index (χ2n) is 4.96. The summed E-state index contributed by atoms with van der Waals surface area (Å²) < 4.78 is 75.8. The van der Waals surface area contributed by atoms with Crippen LogP contribution in [0.15, 0.2) is 18.2 Å². The van der Waals surface area contributed by atoms with Crippen molar-refractivity contribution in [3.8, 4) is 0 Å². The summed E-state index contributed by atoms with van der Waals surface area (Å²) in [6.45, 7) is -1.74. The number of rotatable bonds is 3. The molecule has 10 heteroatoms. The molecule has 1 amide bonds. The fourth-order valence-corrected chi connectivity index (χ4v) is 2.43. The number of carboxylic acids is 1. The first-order chi connectivity index (χ1) is 10.4. The largest absolute Gasteiger partial charge is 0.481 e. The number of amides is 1. The summed E-state index contributed by atoms with van der Waals surface area (Å²) in [5, 5.41) is 8.79. The van der Waals surface area contributed by atoms with Crippen LogP contribution in [0.5, 0.6) is 0 Å². The highest BCUT2D eigenvalue weighted by atomic mass is 19.4. The third-order valence-electron chi connectivity index (χ3n) is 3.32. The standard InChI is InChI=1S/C13H9F6NO3/c14-12(15,16)5-20-9(4-10(21)22)8-3-6(13(17,18)19)1-2-7(8)11(20)23/h1-3,9H,4-5H2,(H,21,22)/t9-/m1/s1. The Kier molecular flexibility index (Phi) is 4.03. The fraction of sp³-hybridized carbons (Fsp3) is 0.385. The molecule has 2 rings (SSSR count). The van der Waals surface area contributed by atoms with Gasteiger partial charge in [0.15, 0.2) is 0 Å². The summed E-state index contributed by atoms with van der Waals surface area (Å²) >= 11 is 0. The van der Waals surface area contributed by atoms with Crippen molar-refractivity contribution >= 4 is 11.9 Å². The van der Waals surface area contributed by atoms with Gasteiger partial charge in [-0.05, 0) is 23.8 Å². The number of carboxylic acid groups (broad SMARTS) is 1. The van der Waals surface area contributed by atoms with Gasteiger partial charge >= 0.3 is 18.3 Å². The summed E-state index contributed by atoms with van der Waals surface area (Å²) in [5.41, 5.74) is -1.88. The van der Waals surface area contributed by atoms with E-state index in [1.807, 2.05) is 0 Å². The zero-order valence-electron chi connectivity index (χ0n) is 11.2. The van der Waals surface area contributed by atoms with Crippen LogP contribution in [-0.2, 0) is 11.0 Å². The third kappa shape index (κ3) is 3.57. The Balaban J connectivity index is 2.50. The number of fused-ring (bicyclic) bond motifs is 1. The minimum Gasteiger partial charge on any atom is -0.481 e. The van der Waals surface area contributed by atoms with E-state index >= 15 is 0 Å². The Morgan fingerprint density at radius 3 is 2.26 bits per heavy atom. The third-order valence-corrected chi connectivity index (χ3v) is 3.32. The van der Waals surface area contributed by atoms with Crippen molar-refractivity contribution in [1.82, 2.24) is 4.90 Å². The number of hydrogen-bond acceptors (Lipinski definition) is 2. The van der Waals surface area contributed by atoms with Gasteiger partial charge in [0.25, 0.3) is 5.91 Å². The van der Waals surface area contributed by atoms with Crippen LogP contribution in [0.25, 0.3) is 0 Å². The monoisotopic (exact) mass is 341 g/mol. The molecule has 0 bridgehead atoms. The summed E-state index contributed by atoms with van der Waals surface area (Å²) in [6, 6.07) is 0.271. The molecule has 1 aromatic rings. The van der Waals surface area contributed by atoms with Gasteiger partial charge in [-0.2, -0.15) is 26.3 Å². The summed E-state index contributed by atoms with van der Waals surface area (Å²) in [4.78, 5) is 23.0. The van der Waals surface area contributed by atoms with Crippen LogP contribution in [0.2, 0.25) is 0 Å². The molecule has 1 aromatic carbocycles. The lowest BCUT2D eigenvalue weighted by atomic mass is 9.99. The van der Waals surface area contributed by atoms with E-state index < -0.39 is 48.8 Å². The van der Waals surface area contributed by atoms with Crippen molar-refractivity contribution in [1.29, 1.82) is 0 Å². The van der Waals surface area contributed by atoms with Gasteiger partial charge < -0.3 is 10.0 Å². The van der Waals surface area contributed by atoms with E-state index in [0.29, 0.717) is 12.1 Å². The van der Waals surface area contributed by atoms with E-state index in [1.165, 1.54) is 0 Å². The molecule has 0 saturated carbocycles. The van der Waals surface area contributed by atoms with Gasteiger partial charge in [-0.3, -0.25) is 9.59 Å². The topological polar surface area (TPSA) is 57.6 Å². The number of benzene rings is 1. The van der Waals surface area contributed by atoms with Crippen molar-refractivity contribution in [2.45, 2.75) is 24.8 Å². The lowest BCUT2D eigenvalue weighted by Crippen LogP contribution is -2.37. The molecular formula is C13H9F6NO3. The minimum absolute atomic E-state index is 0.235. The van der Waals surface area contributed by atoms with Crippen molar-refractivity contribution < 1.29 is 41.0 Å². The lowest BCUT2D eigenvalue weighted by Gasteiger charge is -2.25. The normalized spacial score (nSPS) is 18.3. The first-order valence-electron chi connectivity index (χ1n) is 6.21. The highest BCUT2D eigenvalue weighted by Crippen LogP contribution is 2.41. The Morgan fingerprint density at radius 2 is 1.78 bits per heavy atom. The van der Waals surface area contributed by atoms with Crippen molar-refractivity contribution in [2.75, 3.05) is 6.54 Å². The first kappa shape index (κ1) is 17.1. The highest BCUT2D eigenvalue weighted by molar-refractivity contribution is 5.99. The molecule has 126 valence electrons. The second-order valence-corrected chi connectivity index (χ2v) is 4.96. The molecule has 0 radical (unpaired) electrons. The summed E-state index contributed by atoms with van der Waals surface area (Å²) in [6.07, 6.45) is -10.5. The number of hydrogen-bond donors (Lipinski definition) is 1. The van der Waals surface area contributed by atoms with E-state index in [4.69, 9.17) is 5.11 Å². The molecule has 23 heavy (non-hydrogen) atoms. The quantitative estimate of drug-likeness (QED) is 0.859. The Morgan fingerprint density at radius 1 is 1.17 bits per heavy atom. The lowest BCUT2D eigenvalue weighted by molar-refractivity contribution is -0.149. The zero-order valence-corrected chi connectivity index (χ0v) is 11.2. The molecule has 1 atom stereocenters. The van der Waals surface area contributed by atoms with Gasteiger partial charge in [0.05, 0.1) is 18.0 Å². The molecule has 0 aliphatic carbocycles. The average molecular weight is 341 g/mol. The number of carbonyl (C=O) groups excluding carboxylic acids is 1. The SMILES string of the molecule is O=C(O)C[C@@H]1c2cc(C(F)(F)F)ccc2C(=O)N1CC(F)(F)F. The van der Waals surface area contributed by atoms with E-state index in [9.17, 15) is 35.9 Å². The van der Waals surface area contributed by atoms with Crippen LogP contribution in [0, 0.1) is 0 Å². The maximum Gasteiger partial charge on any atom is 0.416 e. The molecule has 4 nitrogen and oxygen atoms in total. The fourth-order valence-electron chi connectivity index (χ4n) is 2.43. The van der Waals surface area contributed by atoms with Crippen LogP contribution in [0.1, 0.15) is 33.9 Å². The second kappa shape index (κ2) is 5.43. The van der Waals surface area contributed by atoms with E-state index in [-0.39, 0.29) is 16.0 Å². The molecule has 1 aliphatic heterocycles. The van der Waals surface area contributed by atoms with Crippen LogP contribution in [0.4, 0.5) is 26.3 Å². The van der Waals surface area contributed by atoms with Crippen molar-refractivity contribution in [3.63, 3.8) is 0 Å². The van der Waals surface area contributed by atoms with Gasteiger partial charge in [0, 0.05) is 5.56 Å². The molecule has 0 fully saturated rings. The molecule has 0 spiro atoms. The van der Waals surface area contributed by atoms with E-state index in [1.54, 1.807) is 0 Å². The van der Waals surface area contributed by atoms with Crippen LogP contribution in [0.3, 0.4) is 0 Å². The molecule has 0 unspecified atom stereocenters. The zero-order chi connectivity index (χ0) is 17.6. The van der Waals surface area contributed by atoms with Gasteiger partial charge in [-0.15, -0.1) is 0 Å². The molecule has 1 heterocycles. The van der Waals surface area contributed by atoms with Crippen molar-refractivity contribution in [2.24, 2.45) is 0 Å². The van der Waals surface area contributed by atoms with Crippen LogP contribution in [-0.4, -0.2) is 34.6 Å². The average Bonchev–Trinajstić information content (AvgIpc) is 2.61. The van der Waals surface area contributed by atoms with Gasteiger partial charge in [0.2, 0.25) is 0 Å². The van der Waals surface area contributed by atoms with E-state index in [0.717, 1.165) is 6.07 Å². The number of alkyl halides is 6. The molecule has 1 N–H and O–H groups in total. The van der Waals surface area contributed by atoms with E-state index in [2.05, 4.69) is 0 Å². The molecule has 0 aromatic heterocycles. The van der Waals surface area contributed by atoms with Gasteiger partial charge in [0.1, 0.15) is 6.54 Å². The van der Waals surface area contributed by atoms with Crippen LogP contribution < -0.4 is 0 Å². The van der Waals surface area contributed by atoms with Gasteiger partial charge in [-0.25, -0.2) is 0 Å². The van der Waals surface area contributed by atoms with Crippen LogP contribution >= 0.6 is 0 Å². The predicted octanol–water partition coefficient (Wildman–Crippen LogP) is 3.24. The van der Waals surface area contributed by atoms with Crippen molar-refractivity contribution in [3.05, 3.63) is 34.9 Å². The predicted molar refractivity (Wildman–Crippen MR) is 63.5 cm³/mol. The molecule has 0 saturated heterocycles. The Bertz CT molecular complexity index is 652. The number of carbonyl (C=O) groups is 2. The summed E-state index contributed by atoms with van der Waals surface area (Å²) in [7, 11) is 0. The Hall–Kier alpha value is -2.26. The maximum absolute atomic E-state index is 12.7. The van der Waals surface area contributed by atoms with Gasteiger partial charge in [-0.1, -0.05) is 0 Å². The first-order valence-corrected chi connectivity index (χ1v) is 6.21. The molecular weight excluding hydrogens is 332 g/mol. The highest BCUT2D eigenvalue weighted by Gasteiger charge is 2.45. The maximum atomic E-state index is 12.7. The number of nitrogens with zero attached hydrogens (tertiary/aromatic N) is 1. The Labute approximate surface area is 125 Å².